The van der Waals surface area contributed by atoms with Crippen LogP contribution in [-0.4, -0.2) is 48.3 Å². The summed E-state index contributed by atoms with van der Waals surface area (Å²) < 4.78 is 34.2. The first-order chi connectivity index (χ1) is 13.2. The van der Waals surface area contributed by atoms with E-state index in [2.05, 4.69) is 26.0 Å². The normalized spacial score (nSPS) is 25.0. The van der Waals surface area contributed by atoms with Crippen molar-refractivity contribution < 1.29 is 13.0 Å². The van der Waals surface area contributed by atoms with E-state index < -0.39 is 21.1 Å². The van der Waals surface area contributed by atoms with E-state index in [0.29, 0.717) is 26.8 Å². The molecule has 4 rings (SSSR count). The van der Waals surface area contributed by atoms with Gasteiger partial charge in [-0.05, 0) is 24.9 Å². The lowest BCUT2D eigenvalue weighted by atomic mass is 10.0. The van der Waals surface area contributed by atoms with Gasteiger partial charge in [0, 0.05) is 29.9 Å². The Kier molecular flexibility index (Phi) is 4.23. The van der Waals surface area contributed by atoms with Gasteiger partial charge in [0.25, 0.3) is 0 Å². The van der Waals surface area contributed by atoms with Gasteiger partial charge in [0.15, 0.2) is 0 Å². The van der Waals surface area contributed by atoms with Crippen LogP contribution in [0.15, 0.2) is 40.3 Å². The van der Waals surface area contributed by atoms with Crippen LogP contribution in [0.25, 0.3) is 21.9 Å². The molecule has 1 unspecified atom stereocenters. The number of hydrogen-bond acceptors (Lipinski definition) is 8. The molecular weight excluding hydrogens is 403 g/mol. The van der Waals surface area contributed by atoms with E-state index in [4.69, 9.17) is 10.2 Å². The van der Waals surface area contributed by atoms with E-state index >= 15 is 0 Å². The summed E-state index contributed by atoms with van der Waals surface area (Å²) in [6, 6.07) is 3.20. The number of aromatic nitrogens is 3. The number of pyridine rings is 1. The molecule has 0 saturated heterocycles. The third-order valence-electron chi connectivity index (χ3n) is 4.50. The van der Waals surface area contributed by atoms with Crippen molar-refractivity contribution in [1.29, 1.82) is 0 Å². The van der Waals surface area contributed by atoms with Gasteiger partial charge in [-0.1, -0.05) is 0 Å². The third kappa shape index (κ3) is 3.06. The topological polar surface area (TPSA) is 110 Å². The van der Waals surface area contributed by atoms with Crippen LogP contribution in [0.5, 0.6) is 0 Å². The Hall–Kier alpha value is -2.79. The molecule has 4 heterocycles. The molecular formula is C17H17FN6O2S2. The Morgan fingerprint density at radius 3 is 2.82 bits per heavy atom. The maximum absolute atomic E-state index is 14.9. The molecule has 0 amide bonds. The average Bonchev–Trinajstić information content (AvgIpc) is 3.29. The average molecular weight is 420 g/mol. The molecule has 146 valence electrons. The number of guanidine groups is 1. The first-order valence-electron chi connectivity index (χ1n) is 8.15. The molecule has 0 spiro atoms. The van der Waals surface area contributed by atoms with Crippen molar-refractivity contribution in [3.8, 4) is 21.9 Å². The van der Waals surface area contributed by atoms with Crippen molar-refractivity contribution in [2.24, 2.45) is 10.7 Å². The van der Waals surface area contributed by atoms with Crippen molar-refractivity contribution in [3.05, 3.63) is 41.6 Å². The Morgan fingerprint density at radius 2 is 2.14 bits per heavy atom. The van der Waals surface area contributed by atoms with Crippen molar-refractivity contribution in [1.82, 2.24) is 19.5 Å². The van der Waals surface area contributed by atoms with Crippen molar-refractivity contribution in [2.75, 3.05) is 12.8 Å². The molecule has 2 atom stereocenters. The maximum Gasteiger partial charge on any atom is 0.249 e. The first-order valence-corrected chi connectivity index (χ1v) is 10.8. The second kappa shape index (κ2) is 6.38. The fourth-order valence-electron chi connectivity index (χ4n) is 3.05. The van der Waals surface area contributed by atoms with Crippen LogP contribution < -0.4 is 5.73 Å². The van der Waals surface area contributed by atoms with Gasteiger partial charge >= 0.3 is 0 Å². The second-order valence-corrected chi connectivity index (χ2v) is 10.1. The van der Waals surface area contributed by atoms with Gasteiger partial charge in [0.1, 0.15) is 11.4 Å². The van der Waals surface area contributed by atoms with E-state index in [9.17, 15) is 8.60 Å². The van der Waals surface area contributed by atoms with Gasteiger partial charge in [-0.15, -0.1) is 21.5 Å². The molecule has 1 aliphatic rings. The maximum atomic E-state index is 14.9. The van der Waals surface area contributed by atoms with Gasteiger partial charge in [-0.2, -0.15) is 0 Å². The van der Waals surface area contributed by atoms with E-state index in [1.54, 1.807) is 32.4 Å². The number of rotatable bonds is 3. The molecule has 0 fully saturated rings. The summed E-state index contributed by atoms with van der Waals surface area (Å²) in [4.78, 5) is 9.58. The summed E-state index contributed by atoms with van der Waals surface area (Å²) in [5, 5.41) is 7.51. The summed E-state index contributed by atoms with van der Waals surface area (Å²) in [7, 11) is -1.13. The lowest BCUT2D eigenvalue weighted by Gasteiger charge is -2.36. The quantitative estimate of drug-likeness (QED) is 0.650. The summed E-state index contributed by atoms with van der Waals surface area (Å²) in [6.07, 6.45) is 4.43. The molecule has 0 aromatic carbocycles. The number of aliphatic imine (C=N–C) groups is 1. The summed E-state index contributed by atoms with van der Waals surface area (Å²) >= 11 is 1.21. The highest BCUT2D eigenvalue weighted by atomic mass is 32.2. The van der Waals surface area contributed by atoms with Crippen LogP contribution in [-0.2, 0) is 15.2 Å². The predicted molar refractivity (Wildman–Crippen MR) is 108 cm³/mol. The molecule has 0 bridgehead atoms. The number of nitrogens with zero attached hydrogens (tertiary/aromatic N) is 5. The molecule has 11 heteroatoms. The minimum atomic E-state index is -2.70. The number of nitrogens with two attached hydrogens (primary N) is 1. The zero-order valence-electron chi connectivity index (χ0n) is 15.1. The second-order valence-electron chi connectivity index (χ2n) is 6.65. The van der Waals surface area contributed by atoms with Crippen LogP contribution in [0.1, 0.15) is 11.8 Å². The molecule has 0 radical (unpaired) electrons. The largest absolute Gasteiger partial charge is 0.423 e. The van der Waals surface area contributed by atoms with E-state index in [0.717, 1.165) is 0 Å². The highest BCUT2D eigenvalue weighted by molar-refractivity contribution is 7.98. The monoisotopic (exact) mass is 420 g/mol. The van der Waals surface area contributed by atoms with Crippen LogP contribution >= 0.6 is 11.3 Å². The third-order valence-corrected chi connectivity index (χ3v) is 8.11. The van der Waals surface area contributed by atoms with E-state index in [1.807, 2.05) is 0 Å². The molecule has 8 nitrogen and oxygen atoms in total. The van der Waals surface area contributed by atoms with Crippen molar-refractivity contribution in [2.45, 2.75) is 12.5 Å². The lowest BCUT2D eigenvalue weighted by Crippen LogP contribution is -2.50. The van der Waals surface area contributed by atoms with Crippen LogP contribution in [0.3, 0.4) is 0 Å². The van der Waals surface area contributed by atoms with Gasteiger partial charge < -0.3 is 10.2 Å². The fraction of sp³-hybridized carbons (Fsp3) is 0.235. The smallest absolute Gasteiger partial charge is 0.249 e. The van der Waals surface area contributed by atoms with Gasteiger partial charge in [-0.25, -0.2) is 13.6 Å². The van der Waals surface area contributed by atoms with Gasteiger partial charge in [-0.3, -0.25) is 9.29 Å². The van der Waals surface area contributed by atoms with Crippen molar-refractivity contribution in [3.63, 3.8) is 0 Å². The number of hydrogen-bond donors (Lipinski definition) is 1. The van der Waals surface area contributed by atoms with Crippen molar-refractivity contribution >= 4 is 32.9 Å². The van der Waals surface area contributed by atoms with Gasteiger partial charge in [0.05, 0.1) is 25.9 Å². The molecule has 0 saturated carbocycles. The Balaban J connectivity index is 1.77. The lowest BCUT2D eigenvalue weighted by molar-refractivity contribution is 0.493. The van der Waals surface area contributed by atoms with Crippen LogP contribution in [0.4, 0.5) is 4.39 Å². The highest BCUT2D eigenvalue weighted by Gasteiger charge is 2.40. The van der Waals surface area contributed by atoms with Crippen LogP contribution in [0, 0.1) is 5.82 Å². The zero-order chi connectivity index (χ0) is 20.1. The first kappa shape index (κ1) is 18.6. The predicted octanol–water partition coefficient (Wildman–Crippen LogP) is 2.11. The zero-order valence-corrected chi connectivity index (χ0v) is 16.8. The minimum Gasteiger partial charge on any atom is -0.423 e. The summed E-state index contributed by atoms with van der Waals surface area (Å²) in [5.74, 6) is 3.77. The molecule has 2 N–H and O–H groups in total. The molecule has 28 heavy (non-hydrogen) atoms. The Labute approximate surface area is 165 Å². The number of thiophene rings is 1. The summed E-state index contributed by atoms with van der Waals surface area (Å²) in [5.41, 5.74) is 6.16. The molecule has 3 aromatic heterocycles. The van der Waals surface area contributed by atoms with E-state index in [1.165, 1.54) is 28.1 Å². The van der Waals surface area contributed by atoms with Gasteiger partial charge in [0.2, 0.25) is 18.2 Å². The molecule has 1 aliphatic heterocycles. The number of halogens is 1. The Morgan fingerprint density at radius 1 is 1.39 bits per heavy atom. The molecule has 0 aliphatic carbocycles. The molecule has 3 aromatic rings. The fourth-order valence-corrected chi connectivity index (χ4v) is 5.91. The Bertz CT molecular complexity index is 1170. The SMILES string of the molecule is C=S1(=O)C[C@@](C)(c2sc(-c3cncc(-c4nnco4)c3)cc2F)N=C(N)N1C. The van der Waals surface area contributed by atoms with Crippen LogP contribution in [0.2, 0.25) is 0 Å². The highest BCUT2D eigenvalue weighted by Crippen LogP contribution is 2.41. The minimum absolute atomic E-state index is 0.0638. The van der Waals surface area contributed by atoms with E-state index in [-0.39, 0.29) is 11.7 Å². The summed E-state index contributed by atoms with van der Waals surface area (Å²) in [6.45, 7) is 1.71. The standard InChI is InChI=1S/C17H17FN6O2S2/c1-17(8-28(3,25)24(2)16(19)22-17)14-12(18)5-13(27-14)10-4-11(7-20-6-10)15-23-21-9-26-15/h4-7,9H,3,8H2,1-2H3,(H2,19,22)/t17-,28?/m0/s1.